The number of methoxy groups -OCH3 is 1. The van der Waals surface area contributed by atoms with Gasteiger partial charge >= 0.3 is 12.0 Å². The average Bonchev–Trinajstić information content (AvgIpc) is 3.19. The van der Waals surface area contributed by atoms with Gasteiger partial charge in [-0.3, -0.25) is 19.4 Å². The van der Waals surface area contributed by atoms with Gasteiger partial charge in [0, 0.05) is 30.2 Å². The molecule has 1 unspecified atom stereocenters. The summed E-state index contributed by atoms with van der Waals surface area (Å²) >= 11 is 7.61. The molecular formula is C24H25ClN4O4S. The summed E-state index contributed by atoms with van der Waals surface area (Å²) < 4.78 is 5.69. The number of aryl methyl sites for hydroxylation is 1. The molecule has 34 heavy (non-hydrogen) atoms. The Balaban J connectivity index is 1.56. The molecule has 0 spiro atoms. The van der Waals surface area contributed by atoms with Gasteiger partial charge in [-0.25, -0.2) is 9.78 Å². The Hall–Kier alpha value is -3.17. The highest BCUT2D eigenvalue weighted by Crippen LogP contribution is 2.28. The first kappa shape index (κ1) is 24.0. The van der Waals surface area contributed by atoms with Crippen molar-refractivity contribution in [1.82, 2.24) is 14.8 Å². The third-order valence-electron chi connectivity index (χ3n) is 5.61. The molecule has 1 fully saturated rings. The number of hydrogen-bond acceptors (Lipinski definition) is 7. The fourth-order valence-corrected chi connectivity index (χ4v) is 4.89. The molecule has 1 N–H and O–H groups in total. The van der Waals surface area contributed by atoms with E-state index < -0.39 is 12.2 Å². The van der Waals surface area contributed by atoms with Crippen molar-refractivity contribution >= 4 is 56.7 Å². The number of halogens is 1. The summed E-state index contributed by atoms with van der Waals surface area (Å²) in [6.45, 7) is 2.41. The van der Waals surface area contributed by atoms with Crippen molar-refractivity contribution in [2.45, 2.75) is 38.9 Å². The van der Waals surface area contributed by atoms with Gasteiger partial charge in [-0.05, 0) is 49.2 Å². The SMILES string of the molecule is COC(=O)CCCN1C(=O)CC(Nc2ccc3nc(C)sc3c2)N(Cc2ccc(Cl)cc2)C1=O. The summed E-state index contributed by atoms with van der Waals surface area (Å²) in [7, 11) is 1.31. The van der Waals surface area contributed by atoms with E-state index in [9.17, 15) is 14.4 Å². The summed E-state index contributed by atoms with van der Waals surface area (Å²) in [5.74, 6) is -0.655. The number of nitrogens with one attached hydrogen (secondary N) is 1. The monoisotopic (exact) mass is 500 g/mol. The number of thiazole rings is 1. The number of rotatable bonds is 8. The minimum atomic E-state index is -0.529. The fourth-order valence-electron chi connectivity index (χ4n) is 3.90. The smallest absolute Gasteiger partial charge is 0.328 e. The highest BCUT2D eigenvalue weighted by molar-refractivity contribution is 7.18. The summed E-state index contributed by atoms with van der Waals surface area (Å²) in [5, 5.41) is 4.95. The van der Waals surface area contributed by atoms with Gasteiger partial charge in [0.1, 0.15) is 6.17 Å². The number of benzene rings is 2. The predicted molar refractivity (Wildman–Crippen MR) is 132 cm³/mol. The molecule has 0 radical (unpaired) electrons. The molecule has 1 saturated heterocycles. The number of esters is 1. The number of imide groups is 1. The molecule has 2 aromatic carbocycles. The van der Waals surface area contributed by atoms with Crippen LogP contribution in [0, 0.1) is 6.92 Å². The van der Waals surface area contributed by atoms with Crippen LogP contribution in [0.25, 0.3) is 10.2 Å². The summed E-state index contributed by atoms with van der Waals surface area (Å²) in [4.78, 5) is 45.1. The summed E-state index contributed by atoms with van der Waals surface area (Å²) in [6, 6.07) is 12.7. The molecule has 3 aromatic rings. The lowest BCUT2D eigenvalue weighted by Crippen LogP contribution is -2.59. The zero-order chi connectivity index (χ0) is 24.2. The first-order chi connectivity index (χ1) is 16.3. The lowest BCUT2D eigenvalue weighted by molar-refractivity contribution is -0.141. The summed E-state index contributed by atoms with van der Waals surface area (Å²) in [6.07, 6.45) is 0.0650. The van der Waals surface area contributed by atoms with Crippen LogP contribution in [0.4, 0.5) is 10.5 Å². The normalized spacial score (nSPS) is 16.3. The van der Waals surface area contributed by atoms with E-state index in [4.69, 9.17) is 11.6 Å². The third kappa shape index (κ3) is 5.48. The molecule has 178 valence electrons. The van der Waals surface area contributed by atoms with Gasteiger partial charge < -0.3 is 10.1 Å². The van der Waals surface area contributed by atoms with E-state index in [1.807, 2.05) is 37.3 Å². The maximum atomic E-state index is 13.4. The van der Waals surface area contributed by atoms with E-state index in [1.165, 1.54) is 12.0 Å². The summed E-state index contributed by atoms with van der Waals surface area (Å²) in [5.41, 5.74) is 2.61. The van der Waals surface area contributed by atoms with Gasteiger partial charge in [0.15, 0.2) is 0 Å². The molecule has 1 atom stereocenters. The molecule has 1 aliphatic heterocycles. The predicted octanol–water partition coefficient (Wildman–Crippen LogP) is 4.80. The zero-order valence-electron chi connectivity index (χ0n) is 18.9. The number of anilines is 1. The van der Waals surface area contributed by atoms with Crippen LogP contribution in [0.2, 0.25) is 5.02 Å². The second-order valence-electron chi connectivity index (χ2n) is 8.04. The zero-order valence-corrected chi connectivity index (χ0v) is 20.5. The second-order valence-corrected chi connectivity index (χ2v) is 9.71. The van der Waals surface area contributed by atoms with Gasteiger partial charge in [-0.2, -0.15) is 0 Å². The van der Waals surface area contributed by atoms with Crippen molar-refractivity contribution in [1.29, 1.82) is 0 Å². The Kier molecular flexibility index (Phi) is 7.33. The number of fused-ring (bicyclic) bond motifs is 1. The molecule has 4 rings (SSSR count). The van der Waals surface area contributed by atoms with E-state index >= 15 is 0 Å². The van der Waals surface area contributed by atoms with E-state index in [1.54, 1.807) is 28.4 Å². The minimum absolute atomic E-state index is 0.108. The molecule has 10 heteroatoms. The first-order valence-electron chi connectivity index (χ1n) is 10.9. The van der Waals surface area contributed by atoms with Crippen LogP contribution in [0.5, 0.6) is 0 Å². The highest BCUT2D eigenvalue weighted by atomic mass is 35.5. The minimum Gasteiger partial charge on any atom is -0.469 e. The maximum Gasteiger partial charge on any atom is 0.328 e. The van der Waals surface area contributed by atoms with Gasteiger partial charge in [0.2, 0.25) is 5.91 Å². The molecular weight excluding hydrogens is 476 g/mol. The van der Waals surface area contributed by atoms with Gasteiger partial charge in [0.05, 0.1) is 28.8 Å². The van der Waals surface area contributed by atoms with Crippen LogP contribution in [0.1, 0.15) is 29.8 Å². The van der Waals surface area contributed by atoms with Crippen LogP contribution >= 0.6 is 22.9 Å². The Morgan fingerprint density at radius 1 is 1.24 bits per heavy atom. The highest BCUT2D eigenvalue weighted by Gasteiger charge is 2.38. The first-order valence-corrected chi connectivity index (χ1v) is 12.1. The standard InChI is InChI=1S/C24H25ClN4O4S/c1-15-26-19-10-9-18(12-20(19)34-15)27-21-13-22(30)28(11-3-4-23(31)33-2)24(32)29(21)14-16-5-7-17(25)8-6-16/h5-10,12,21,27H,3-4,11,13-14H2,1-2H3. The molecule has 2 heterocycles. The van der Waals surface area contributed by atoms with Crippen LogP contribution in [-0.4, -0.2) is 52.5 Å². The quantitative estimate of drug-likeness (QED) is 0.446. The molecule has 8 nitrogen and oxygen atoms in total. The van der Waals surface area contributed by atoms with Gasteiger partial charge in [-0.1, -0.05) is 23.7 Å². The van der Waals surface area contributed by atoms with Crippen molar-refractivity contribution in [2.24, 2.45) is 0 Å². The number of carbonyl (C=O) groups excluding carboxylic acids is 3. The fraction of sp³-hybridized carbons (Fsp3) is 0.333. The number of aromatic nitrogens is 1. The third-order valence-corrected chi connectivity index (χ3v) is 6.79. The van der Waals surface area contributed by atoms with E-state index in [2.05, 4.69) is 15.0 Å². The van der Waals surface area contributed by atoms with E-state index in [0.29, 0.717) is 18.0 Å². The topological polar surface area (TPSA) is 91.8 Å². The van der Waals surface area contributed by atoms with Crippen molar-refractivity contribution in [3.8, 4) is 0 Å². The maximum absolute atomic E-state index is 13.4. The average molecular weight is 501 g/mol. The number of urea groups is 1. The number of ether oxygens (including phenoxy) is 1. The van der Waals surface area contributed by atoms with Crippen molar-refractivity contribution in [2.75, 3.05) is 19.0 Å². The van der Waals surface area contributed by atoms with Crippen molar-refractivity contribution < 1.29 is 19.1 Å². The number of amides is 3. The lowest BCUT2D eigenvalue weighted by atomic mass is 10.1. The van der Waals surface area contributed by atoms with E-state index in [-0.39, 0.29) is 31.3 Å². The van der Waals surface area contributed by atoms with E-state index in [0.717, 1.165) is 26.5 Å². The molecule has 3 amide bonds. The van der Waals surface area contributed by atoms with Crippen molar-refractivity contribution in [3.63, 3.8) is 0 Å². The van der Waals surface area contributed by atoms with Gasteiger partial charge in [-0.15, -0.1) is 11.3 Å². The number of nitrogens with zero attached hydrogens (tertiary/aromatic N) is 3. The molecule has 0 saturated carbocycles. The van der Waals surface area contributed by atoms with Crippen molar-refractivity contribution in [3.05, 3.63) is 58.1 Å². The van der Waals surface area contributed by atoms with Crippen LogP contribution in [0.3, 0.4) is 0 Å². The largest absolute Gasteiger partial charge is 0.469 e. The van der Waals surface area contributed by atoms with Crippen LogP contribution in [0.15, 0.2) is 42.5 Å². The molecule has 0 bridgehead atoms. The van der Waals surface area contributed by atoms with Crippen LogP contribution < -0.4 is 5.32 Å². The Morgan fingerprint density at radius 3 is 2.74 bits per heavy atom. The Bertz CT molecular complexity index is 1210. The second kappa shape index (κ2) is 10.4. The molecule has 1 aromatic heterocycles. The number of hydrogen-bond donors (Lipinski definition) is 1. The molecule has 1 aliphatic rings. The Labute approximate surface area is 206 Å². The number of carbonyl (C=O) groups is 3. The van der Waals surface area contributed by atoms with Crippen LogP contribution in [-0.2, 0) is 20.9 Å². The molecule has 0 aliphatic carbocycles. The lowest BCUT2D eigenvalue weighted by Gasteiger charge is -2.41. The van der Waals surface area contributed by atoms with Gasteiger partial charge in [0.25, 0.3) is 0 Å². The Morgan fingerprint density at radius 2 is 2.00 bits per heavy atom.